The van der Waals surface area contributed by atoms with Crippen LogP contribution in [-0.2, 0) is 14.3 Å². The van der Waals surface area contributed by atoms with Gasteiger partial charge in [0.2, 0.25) is 6.08 Å². The van der Waals surface area contributed by atoms with Crippen molar-refractivity contribution in [1.82, 2.24) is 0 Å². The first-order valence-corrected chi connectivity index (χ1v) is 6.85. The van der Waals surface area contributed by atoms with Crippen LogP contribution in [-0.4, -0.2) is 33.7 Å². The van der Waals surface area contributed by atoms with Gasteiger partial charge in [-0.05, 0) is 27.7 Å². The van der Waals surface area contributed by atoms with Crippen LogP contribution in [0.1, 0.15) is 48.5 Å². The highest BCUT2D eigenvalue weighted by Gasteiger charge is 2.38. The van der Waals surface area contributed by atoms with Crippen molar-refractivity contribution in [2.45, 2.75) is 64.4 Å². The first-order chi connectivity index (χ1) is 7.90. The third kappa shape index (κ3) is 6.82. The minimum atomic E-state index is -1.17. The highest BCUT2D eigenvalue weighted by Crippen LogP contribution is 2.30. The normalized spacial score (nSPS) is 15.5. The Labute approximate surface area is 114 Å². The van der Waals surface area contributed by atoms with E-state index in [9.17, 15) is 9.59 Å². The van der Waals surface area contributed by atoms with Gasteiger partial charge in [-0.2, -0.15) is 16.8 Å². The van der Waals surface area contributed by atoms with Gasteiger partial charge < -0.3 is 4.74 Å². The molecule has 18 heavy (non-hydrogen) atoms. The van der Waals surface area contributed by atoms with Gasteiger partial charge in [-0.3, -0.25) is 0 Å². The molecule has 0 radical (unpaired) electrons. The van der Waals surface area contributed by atoms with Crippen LogP contribution in [0.15, 0.2) is 4.99 Å². The number of hydrogen-bond acceptors (Lipinski definition) is 5. The van der Waals surface area contributed by atoms with Crippen LogP contribution >= 0.6 is 11.8 Å². The van der Waals surface area contributed by atoms with Gasteiger partial charge in [0.25, 0.3) is 0 Å². The molecule has 0 N–H and O–H groups in total. The average molecular weight is 273 g/mol. The Morgan fingerprint density at radius 3 is 2.00 bits per heavy atom. The lowest BCUT2D eigenvalue weighted by Gasteiger charge is -2.29. The molecular formula is C13H23NO3S. The maximum absolute atomic E-state index is 12.1. The summed E-state index contributed by atoms with van der Waals surface area (Å²) < 4.78 is 5.28. The van der Waals surface area contributed by atoms with E-state index in [1.807, 2.05) is 20.8 Å². The molecule has 0 amide bonds. The van der Waals surface area contributed by atoms with Gasteiger partial charge in [-0.25, -0.2) is 9.59 Å². The van der Waals surface area contributed by atoms with E-state index in [2.05, 4.69) is 4.99 Å². The molecular weight excluding hydrogens is 250 g/mol. The third-order valence-electron chi connectivity index (χ3n) is 1.92. The minimum absolute atomic E-state index is 0.0122. The number of rotatable bonds is 4. The van der Waals surface area contributed by atoms with Crippen molar-refractivity contribution in [2.24, 2.45) is 4.99 Å². The molecule has 0 aliphatic carbocycles. The van der Waals surface area contributed by atoms with Crippen molar-refractivity contribution in [2.75, 3.05) is 5.75 Å². The van der Waals surface area contributed by atoms with E-state index in [0.29, 0.717) is 5.75 Å². The molecule has 0 aromatic heterocycles. The molecule has 5 heteroatoms. The van der Waals surface area contributed by atoms with E-state index >= 15 is 0 Å². The Hall–Kier alpha value is -0.800. The number of thioether (sulfide) groups is 1. The molecule has 4 nitrogen and oxygen atoms in total. The van der Waals surface area contributed by atoms with Crippen LogP contribution in [0.2, 0.25) is 0 Å². The van der Waals surface area contributed by atoms with E-state index in [0.717, 1.165) is 0 Å². The van der Waals surface area contributed by atoms with E-state index < -0.39 is 17.1 Å². The molecule has 0 aromatic rings. The molecule has 0 saturated carbocycles. The Bertz CT molecular complexity index is 348. The molecule has 0 unspecified atom stereocenters. The van der Waals surface area contributed by atoms with Gasteiger partial charge >= 0.3 is 5.97 Å². The van der Waals surface area contributed by atoms with Crippen molar-refractivity contribution in [3.63, 3.8) is 0 Å². The standard InChI is InChI=1S/C13H23NO3S/c1-11(2,3)17-10(16)13(7,14-9-15)8-18-12(4,5)6/h8H2,1-7H3/t13-/m1/s1. The number of carbonyl (C=O) groups excluding carboxylic acids is 2. The summed E-state index contributed by atoms with van der Waals surface area (Å²) in [5.74, 6) is -0.101. The largest absolute Gasteiger partial charge is 0.458 e. The molecule has 0 aromatic carbocycles. The fourth-order valence-corrected chi connectivity index (χ4v) is 1.88. The number of nitrogens with zero attached hydrogens (tertiary/aromatic N) is 1. The van der Waals surface area contributed by atoms with Gasteiger partial charge in [-0.15, -0.1) is 0 Å². The van der Waals surface area contributed by atoms with Crippen LogP contribution in [0.4, 0.5) is 0 Å². The zero-order valence-electron chi connectivity index (χ0n) is 12.3. The van der Waals surface area contributed by atoms with Gasteiger partial charge in [-0.1, -0.05) is 20.8 Å². The summed E-state index contributed by atoms with van der Waals surface area (Å²) in [6.07, 6.45) is 1.47. The molecule has 0 fully saturated rings. The molecule has 0 rings (SSSR count). The summed E-state index contributed by atoms with van der Waals surface area (Å²) >= 11 is 1.56. The fraction of sp³-hybridized carbons (Fsp3) is 0.846. The zero-order chi connectivity index (χ0) is 14.6. The summed E-state index contributed by atoms with van der Waals surface area (Å²) in [4.78, 5) is 26.2. The molecule has 1 atom stereocenters. The van der Waals surface area contributed by atoms with Crippen molar-refractivity contribution in [3.05, 3.63) is 0 Å². The zero-order valence-corrected chi connectivity index (χ0v) is 13.1. The lowest BCUT2D eigenvalue weighted by molar-refractivity contribution is -0.159. The Morgan fingerprint density at radius 1 is 1.17 bits per heavy atom. The summed E-state index contributed by atoms with van der Waals surface area (Å²) in [6.45, 7) is 13.1. The van der Waals surface area contributed by atoms with E-state index in [1.165, 1.54) is 6.08 Å². The Balaban J connectivity index is 4.92. The highest BCUT2D eigenvalue weighted by atomic mass is 32.2. The molecule has 104 valence electrons. The Morgan fingerprint density at radius 2 is 1.67 bits per heavy atom. The molecule has 0 saturated heterocycles. The van der Waals surface area contributed by atoms with E-state index in [-0.39, 0.29) is 4.75 Å². The van der Waals surface area contributed by atoms with Crippen molar-refractivity contribution < 1.29 is 14.3 Å². The predicted molar refractivity (Wildman–Crippen MR) is 74.6 cm³/mol. The number of carbonyl (C=O) groups is 1. The first-order valence-electron chi connectivity index (χ1n) is 5.86. The van der Waals surface area contributed by atoms with Gasteiger partial charge in [0, 0.05) is 10.5 Å². The quantitative estimate of drug-likeness (QED) is 0.449. The lowest BCUT2D eigenvalue weighted by atomic mass is 10.1. The molecule has 0 heterocycles. The first kappa shape index (κ1) is 17.2. The van der Waals surface area contributed by atoms with Crippen molar-refractivity contribution in [1.29, 1.82) is 0 Å². The fourth-order valence-electron chi connectivity index (χ4n) is 0.983. The maximum Gasteiger partial charge on any atom is 0.336 e. The van der Waals surface area contributed by atoms with Gasteiger partial charge in [0.05, 0.1) is 0 Å². The highest BCUT2D eigenvalue weighted by molar-refractivity contribution is 8.00. The van der Waals surface area contributed by atoms with Crippen molar-refractivity contribution in [3.8, 4) is 0 Å². The third-order valence-corrected chi connectivity index (χ3v) is 3.49. The second kappa shape index (κ2) is 5.89. The topological polar surface area (TPSA) is 55.7 Å². The van der Waals surface area contributed by atoms with Crippen LogP contribution in [0, 0.1) is 0 Å². The van der Waals surface area contributed by atoms with Crippen LogP contribution < -0.4 is 0 Å². The summed E-state index contributed by atoms with van der Waals surface area (Å²) in [5, 5.41) is 0. The second-order valence-electron chi connectivity index (χ2n) is 6.38. The average Bonchev–Trinajstić information content (AvgIpc) is 2.11. The van der Waals surface area contributed by atoms with E-state index in [1.54, 1.807) is 39.5 Å². The number of hydrogen-bond donors (Lipinski definition) is 0. The van der Waals surface area contributed by atoms with Crippen LogP contribution in [0.25, 0.3) is 0 Å². The van der Waals surface area contributed by atoms with E-state index in [4.69, 9.17) is 4.74 Å². The number of ether oxygens (including phenoxy) is 1. The predicted octanol–water partition coefficient (Wildman–Crippen LogP) is 2.95. The summed E-state index contributed by atoms with van der Waals surface area (Å²) in [5.41, 5.74) is -1.77. The second-order valence-corrected chi connectivity index (χ2v) is 8.18. The maximum atomic E-state index is 12.1. The summed E-state index contributed by atoms with van der Waals surface area (Å²) in [6, 6.07) is 0. The summed E-state index contributed by atoms with van der Waals surface area (Å²) in [7, 11) is 0. The van der Waals surface area contributed by atoms with Crippen molar-refractivity contribution >= 4 is 23.8 Å². The lowest BCUT2D eigenvalue weighted by Crippen LogP contribution is -2.42. The van der Waals surface area contributed by atoms with Crippen LogP contribution in [0.3, 0.4) is 0 Å². The number of isocyanates is 1. The molecule has 0 spiro atoms. The SMILES string of the molecule is CC(C)(C)OC(=O)[C@@](C)(CSC(C)(C)C)N=C=O. The van der Waals surface area contributed by atoms with Gasteiger partial charge in [0.1, 0.15) is 5.60 Å². The molecule has 0 aliphatic rings. The van der Waals surface area contributed by atoms with Gasteiger partial charge in [0.15, 0.2) is 5.54 Å². The monoisotopic (exact) mass is 273 g/mol. The van der Waals surface area contributed by atoms with Crippen LogP contribution in [0.5, 0.6) is 0 Å². The number of aliphatic imine (C=N–C) groups is 1. The smallest absolute Gasteiger partial charge is 0.336 e. The molecule has 0 aliphatic heterocycles. The molecule has 0 bridgehead atoms. The minimum Gasteiger partial charge on any atom is -0.458 e. The number of esters is 1. The Kier molecular flexibility index (Phi) is 5.63.